The molecule has 1 fully saturated rings. The van der Waals surface area contributed by atoms with Crippen molar-refractivity contribution in [3.8, 4) is 0 Å². The second kappa shape index (κ2) is 8.11. The first kappa shape index (κ1) is 17.4. The fourth-order valence-corrected chi connectivity index (χ4v) is 3.72. The zero-order valence-electron chi connectivity index (χ0n) is 15.2. The van der Waals surface area contributed by atoms with Gasteiger partial charge in [0.1, 0.15) is 6.33 Å². The number of H-pyrrole nitrogens is 1. The molecular formula is C19H23N7O. The molecule has 1 aliphatic heterocycles. The average Bonchev–Trinajstić information content (AvgIpc) is 3.39. The first-order valence-corrected chi connectivity index (χ1v) is 9.34. The van der Waals surface area contributed by atoms with Crippen LogP contribution in [0.25, 0.3) is 0 Å². The number of hydrogen-bond acceptors (Lipinski definition) is 5. The predicted octanol–water partition coefficient (Wildman–Crippen LogP) is 1.78. The van der Waals surface area contributed by atoms with Gasteiger partial charge in [0.15, 0.2) is 0 Å². The molecule has 1 saturated heterocycles. The third kappa shape index (κ3) is 4.21. The number of likely N-dealkylation sites (tertiary alicyclic amines) is 1. The minimum atomic E-state index is 0.152. The Balaban J connectivity index is 1.40. The van der Waals surface area contributed by atoms with E-state index in [2.05, 4.69) is 50.0 Å². The fourth-order valence-electron chi connectivity index (χ4n) is 3.72. The Kier molecular flexibility index (Phi) is 5.22. The first-order chi connectivity index (χ1) is 13.3. The number of benzene rings is 1. The van der Waals surface area contributed by atoms with E-state index < -0.39 is 0 Å². The van der Waals surface area contributed by atoms with Crippen molar-refractivity contribution in [2.45, 2.75) is 38.1 Å². The van der Waals surface area contributed by atoms with Crippen LogP contribution in [0.3, 0.4) is 0 Å². The Morgan fingerprint density at radius 1 is 1.26 bits per heavy atom. The SMILES string of the molecule is O=C(CCn1cnnn1)N1CCC[C@H](c2[nH]ncc2Cc2ccccc2)C1. The summed E-state index contributed by atoms with van der Waals surface area (Å²) in [7, 11) is 0. The topological polar surface area (TPSA) is 92.6 Å². The zero-order valence-corrected chi connectivity index (χ0v) is 15.2. The Morgan fingerprint density at radius 3 is 2.96 bits per heavy atom. The number of nitrogens with zero attached hydrogens (tertiary/aromatic N) is 6. The summed E-state index contributed by atoms with van der Waals surface area (Å²) >= 11 is 0. The van der Waals surface area contributed by atoms with Gasteiger partial charge in [-0.05, 0) is 34.4 Å². The lowest BCUT2D eigenvalue weighted by Gasteiger charge is -2.33. The summed E-state index contributed by atoms with van der Waals surface area (Å²) in [4.78, 5) is 14.6. The number of amides is 1. The minimum Gasteiger partial charge on any atom is -0.342 e. The van der Waals surface area contributed by atoms with Crippen molar-refractivity contribution in [2.24, 2.45) is 0 Å². The maximum atomic E-state index is 12.6. The van der Waals surface area contributed by atoms with Gasteiger partial charge in [0, 0.05) is 37.5 Å². The quantitative estimate of drug-likeness (QED) is 0.719. The third-order valence-corrected chi connectivity index (χ3v) is 5.12. The van der Waals surface area contributed by atoms with Crippen molar-refractivity contribution in [3.05, 3.63) is 59.7 Å². The molecule has 2 aromatic heterocycles. The first-order valence-electron chi connectivity index (χ1n) is 9.34. The number of carbonyl (C=O) groups excluding carboxylic acids is 1. The number of aromatic nitrogens is 6. The fraction of sp³-hybridized carbons (Fsp3) is 0.421. The normalized spacial score (nSPS) is 17.2. The van der Waals surface area contributed by atoms with E-state index in [1.165, 1.54) is 17.5 Å². The number of carbonyl (C=O) groups is 1. The molecule has 3 heterocycles. The standard InChI is InChI=1S/C19H23N7O/c27-18(8-10-26-14-21-23-24-26)25-9-4-7-16(13-25)19-17(12-20-22-19)11-15-5-2-1-3-6-15/h1-3,5-6,12,14,16H,4,7-11,13H2,(H,20,22)/t16-/m0/s1. The molecule has 140 valence electrons. The van der Waals surface area contributed by atoms with E-state index in [-0.39, 0.29) is 5.91 Å². The number of aryl methyl sites for hydroxylation is 1. The van der Waals surface area contributed by atoms with Crippen LogP contribution >= 0.6 is 0 Å². The van der Waals surface area contributed by atoms with E-state index in [4.69, 9.17) is 0 Å². The van der Waals surface area contributed by atoms with Gasteiger partial charge < -0.3 is 4.90 Å². The van der Waals surface area contributed by atoms with Gasteiger partial charge in [-0.15, -0.1) is 5.10 Å². The smallest absolute Gasteiger partial charge is 0.224 e. The van der Waals surface area contributed by atoms with E-state index in [0.29, 0.717) is 18.9 Å². The number of nitrogens with one attached hydrogen (secondary N) is 1. The monoisotopic (exact) mass is 365 g/mol. The number of rotatable bonds is 6. The summed E-state index contributed by atoms with van der Waals surface area (Å²) in [6.07, 6.45) is 6.80. The molecule has 1 aromatic carbocycles. The molecule has 4 rings (SSSR count). The van der Waals surface area contributed by atoms with Crippen LogP contribution in [-0.4, -0.2) is 54.3 Å². The van der Waals surface area contributed by atoms with Crippen LogP contribution in [0.5, 0.6) is 0 Å². The van der Waals surface area contributed by atoms with Gasteiger partial charge in [-0.3, -0.25) is 9.89 Å². The predicted molar refractivity (Wildman–Crippen MR) is 98.8 cm³/mol. The highest BCUT2D eigenvalue weighted by molar-refractivity contribution is 5.76. The molecule has 1 amide bonds. The van der Waals surface area contributed by atoms with Crippen LogP contribution in [0.2, 0.25) is 0 Å². The molecule has 27 heavy (non-hydrogen) atoms. The van der Waals surface area contributed by atoms with Crippen molar-refractivity contribution < 1.29 is 4.79 Å². The summed E-state index contributed by atoms with van der Waals surface area (Å²) in [5.74, 6) is 0.455. The Bertz CT molecular complexity index is 859. The van der Waals surface area contributed by atoms with Crippen LogP contribution in [0.4, 0.5) is 0 Å². The highest BCUT2D eigenvalue weighted by Gasteiger charge is 2.27. The average molecular weight is 365 g/mol. The molecule has 1 N–H and O–H groups in total. The van der Waals surface area contributed by atoms with Crippen LogP contribution in [0, 0.1) is 0 Å². The molecular weight excluding hydrogens is 342 g/mol. The third-order valence-electron chi connectivity index (χ3n) is 5.12. The number of tetrazole rings is 1. The van der Waals surface area contributed by atoms with Gasteiger partial charge in [0.25, 0.3) is 0 Å². The lowest BCUT2D eigenvalue weighted by atomic mass is 9.90. The second-order valence-electron chi connectivity index (χ2n) is 6.97. The highest BCUT2D eigenvalue weighted by atomic mass is 16.2. The van der Waals surface area contributed by atoms with Gasteiger partial charge in [0.2, 0.25) is 5.91 Å². The molecule has 1 aliphatic rings. The summed E-state index contributed by atoms with van der Waals surface area (Å²) in [6.45, 7) is 2.06. The van der Waals surface area contributed by atoms with Crippen molar-refractivity contribution >= 4 is 5.91 Å². The molecule has 8 nitrogen and oxygen atoms in total. The van der Waals surface area contributed by atoms with Gasteiger partial charge in [-0.25, -0.2) is 4.68 Å². The van der Waals surface area contributed by atoms with Gasteiger partial charge in [0.05, 0.1) is 12.7 Å². The van der Waals surface area contributed by atoms with Crippen molar-refractivity contribution in [1.82, 2.24) is 35.3 Å². The van der Waals surface area contributed by atoms with Gasteiger partial charge >= 0.3 is 0 Å². The summed E-state index contributed by atoms with van der Waals surface area (Å²) < 4.78 is 1.59. The van der Waals surface area contributed by atoms with Crippen LogP contribution < -0.4 is 0 Å². The maximum Gasteiger partial charge on any atom is 0.224 e. The molecule has 0 bridgehead atoms. The second-order valence-corrected chi connectivity index (χ2v) is 6.97. The number of hydrogen-bond donors (Lipinski definition) is 1. The summed E-state index contributed by atoms with van der Waals surface area (Å²) in [5.41, 5.74) is 3.65. The van der Waals surface area contributed by atoms with Crippen LogP contribution in [0.15, 0.2) is 42.9 Å². The molecule has 0 aliphatic carbocycles. The Morgan fingerprint density at radius 2 is 2.15 bits per heavy atom. The number of piperidine rings is 1. The van der Waals surface area contributed by atoms with E-state index in [9.17, 15) is 4.79 Å². The lowest BCUT2D eigenvalue weighted by Crippen LogP contribution is -2.39. The van der Waals surface area contributed by atoms with Crippen molar-refractivity contribution in [3.63, 3.8) is 0 Å². The molecule has 0 saturated carbocycles. The molecule has 1 atom stereocenters. The maximum absolute atomic E-state index is 12.6. The minimum absolute atomic E-state index is 0.152. The van der Waals surface area contributed by atoms with Crippen molar-refractivity contribution in [2.75, 3.05) is 13.1 Å². The van der Waals surface area contributed by atoms with Gasteiger partial charge in [-0.2, -0.15) is 5.10 Å². The molecule has 3 aromatic rings. The summed E-state index contributed by atoms with van der Waals surface area (Å²) in [5, 5.41) is 18.5. The molecule has 8 heteroatoms. The van der Waals surface area contributed by atoms with E-state index >= 15 is 0 Å². The number of aromatic amines is 1. The summed E-state index contributed by atoms with van der Waals surface area (Å²) in [6, 6.07) is 10.4. The zero-order chi connectivity index (χ0) is 18.5. The van der Waals surface area contributed by atoms with E-state index in [1.807, 2.05) is 17.2 Å². The lowest BCUT2D eigenvalue weighted by molar-refractivity contribution is -0.132. The van der Waals surface area contributed by atoms with Crippen LogP contribution in [0.1, 0.15) is 42.0 Å². The largest absolute Gasteiger partial charge is 0.342 e. The van der Waals surface area contributed by atoms with Gasteiger partial charge in [-0.1, -0.05) is 30.3 Å². The van der Waals surface area contributed by atoms with E-state index in [0.717, 1.165) is 38.0 Å². The Labute approximate surface area is 157 Å². The van der Waals surface area contributed by atoms with Crippen molar-refractivity contribution in [1.29, 1.82) is 0 Å². The Hall–Kier alpha value is -3.03. The molecule has 0 spiro atoms. The molecule has 0 radical (unpaired) electrons. The van der Waals surface area contributed by atoms with E-state index in [1.54, 1.807) is 4.68 Å². The molecule has 0 unspecified atom stereocenters. The van der Waals surface area contributed by atoms with Crippen LogP contribution in [-0.2, 0) is 17.8 Å². The highest BCUT2D eigenvalue weighted by Crippen LogP contribution is 2.29.